The molecule has 4 nitrogen and oxygen atoms in total. The van der Waals surface area contributed by atoms with E-state index in [1.165, 1.54) is 12.8 Å². The van der Waals surface area contributed by atoms with E-state index in [1.807, 2.05) is 24.3 Å². The average molecular weight is 299 g/mol. The molecule has 2 rings (SSSR count). The molecule has 1 aromatic rings. The third-order valence-corrected chi connectivity index (χ3v) is 3.01. The lowest BCUT2D eigenvalue weighted by Gasteiger charge is -2.09. The maximum atomic E-state index is 11.7. The topological polar surface area (TPSA) is 50.4 Å². The van der Waals surface area contributed by atoms with Crippen LogP contribution >= 0.6 is 12.4 Å². The normalized spacial score (nSPS) is 13.4. The van der Waals surface area contributed by atoms with E-state index in [9.17, 15) is 4.79 Å². The number of carbonyl (C=O) groups is 1. The Balaban J connectivity index is 0.00000200. The molecule has 0 atom stereocenters. The number of anilines is 1. The number of benzene rings is 1. The predicted octanol–water partition coefficient (Wildman–Crippen LogP) is 2.84. The van der Waals surface area contributed by atoms with Crippen molar-refractivity contribution in [2.45, 2.75) is 26.2 Å². The molecule has 0 saturated heterocycles. The van der Waals surface area contributed by atoms with Crippen molar-refractivity contribution in [1.82, 2.24) is 5.32 Å². The minimum Gasteiger partial charge on any atom is -0.494 e. The van der Waals surface area contributed by atoms with Crippen LogP contribution in [0.4, 0.5) is 5.69 Å². The Morgan fingerprint density at radius 3 is 2.90 bits per heavy atom. The van der Waals surface area contributed by atoms with E-state index >= 15 is 0 Å². The summed E-state index contributed by atoms with van der Waals surface area (Å²) in [5.41, 5.74) is 0.784. The molecule has 1 amide bonds. The molecule has 0 unspecified atom stereocenters. The smallest absolute Gasteiger partial charge is 0.238 e. The third kappa shape index (κ3) is 6.26. The van der Waals surface area contributed by atoms with Crippen molar-refractivity contribution in [1.29, 1.82) is 0 Å². The number of ether oxygens (including phenoxy) is 1. The second kappa shape index (κ2) is 8.82. The second-order valence-electron chi connectivity index (χ2n) is 5.00. The van der Waals surface area contributed by atoms with Crippen LogP contribution in [-0.4, -0.2) is 25.6 Å². The minimum absolute atomic E-state index is 0. The molecule has 1 aromatic carbocycles. The fourth-order valence-corrected chi connectivity index (χ4v) is 1.80. The molecule has 20 heavy (non-hydrogen) atoms. The van der Waals surface area contributed by atoms with E-state index in [1.54, 1.807) is 0 Å². The molecule has 1 saturated carbocycles. The molecule has 0 radical (unpaired) electrons. The lowest BCUT2D eigenvalue weighted by atomic mass is 10.3. The van der Waals surface area contributed by atoms with Crippen LogP contribution in [0.15, 0.2) is 24.3 Å². The number of nitrogens with one attached hydrogen (secondary N) is 2. The molecule has 0 bridgehead atoms. The van der Waals surface area contributed by atoms with Crippen LogP contribution in [0.2, 0.25) is 0 Å². The van der Waals surface area contributed by atoms with Gasteiger partial charge in [-0.1, -0.05) is 13.0 Å². The van der Waals surface area contributed by atoms with Crippen LogP contribution < -0.4 is 15.4 Å². The Morgan fingerprint density at radius 1 is 1.40 bits per heavy atom. The largest absolute Gasteiger partial charge is 0.494 e. The van der Waals surface area contributed by atoms with Gasteiger partial charge in [-0.05, 0) is 43.9 Å². The van der Waals surface area contributed by atoms with Gasteiger partial charge in [0.2, 0.25) is 5.91 Å². The van der Waals surface area contributed by atoms with Crippen molar-refractivity contribution in [2.75, 3.05) is 25.0 Å². The van der Waals surface area contributed by atoms with Crippen molar-refractivity contribution in [3.8, 4) is 5.75 Å². The van der Waals surface area contributed by atoms with Crippen molar-refractivity contribution in [3.63, 3.8) is 0 Å². The van der Waals surface area contributed by atoms with Crippen LogP contribution in [0, 0.1) is 5.92 Å². The predicted molar refractivity (Wildman–Crippen MR) is 83.7 cm³/mol. The second-order valence-corrected chi connectivity index (χ2v) is 5.00. The first-order chi connectivity index (χ1) is 9.28. The van der Waals surface area contributed by atoms with Crippen molar-refractivity contribution < 1.29 is 9.53 Å². The summed E-state index contributed by atoms with van der Waals surface area (Å²) < 4.78 is 5.53. The molecular weight excluding hydrogens is 276 g/mol. The zero-order valence-corrected chi connectivity index (χ0v) is 12.7. The molecule has 112 valence electrons. The summed E-state index contributed by atoms with van der Waals surface area (Å²) in [7, 11) is 0. The van der Waals surface area contributed by atoms with Gasteiger partial charge in [0.1, 0.15) is 5.75 Å². The van der Waals surface area contributed by atoms with E-state index in [-0.39, 0.29) is 18.3 Å². The van der Waals surface area contributed by atoms with Gasteiger partial charge in [0.25, 0.3) is 0 Å². The average Bonchev–Trinajstić information content (AvgIpc) is 3.21. The van der Waals surface area contributed by atoms with Gasteiger partial charge in [-0.3, -0.25) is 4.79 Å². The molecular formula is C15H23ClN2O2. The fraction of sp³-hybridized carbons (Fsp3) is 0.533. The number of amides is 1. The van der Waals surface area contributed by atoms with E-state index in [4.69, 9.17) is 4.74 Å². The highest BCUT2D eigenvalue weighted by Crippen LogP contribution is 2.27. The minimum atomic E-state index is -0.00621. The summed E-state index contributed by atoms with van der Waals surface area (Å²) in [5.74, 6) is 1.58. The summed E-state index contributed by atoms with van der Waals surface area (Å²) >= 11 is 0. The maximum absolute atomic E-state index is 11.7. The number of carbonyl (C=O) groups excluding carboxylic acids is 1. The zero-order valence-electron chi connectivity index (χ0n) is 11.9. The Bertz CT molecular complexity index is 422. The quantitative estimate of drug-likeness (QED) is 0.776. The molecule has 1 fully saturated rings. The van der Waals surface area contributed by atoms with Gasteiger partial charge in [0.15, 0.2) is 0 Å². The number of halogens is 1. The Labute approximate surface area is 126 Å². The Hall–Kier alpha value is -1.26. The highest BCUT2D eigenvalue weighted by Gasteiger charge is 2.20. The maximum Gasteiger partial charge on any atom is 0.238 e. The van der Waals surface area contributed by atoms with Crippen LogP contribution in [0.25, 0.3) is 0 Å². The first-order valence-electron chi connectivity index (χ1n) is 7.01. The van der Waals surface area contributed by atoms with Crippen LogP contribution in [-0.2, 0) is 4.79 Å². The highest BCUT2D eigenvalue weighted by atomic mass is 35.5. The van der Waals surface area contributed by atoms with Crippen LogP contribution in [0.1, 0.15) is 26.2 Å². The molecule has 0 spiro atoms. The monoisotopic (exact) mass is 298 g/mol. The van der Waals surface area contributed by atoms with Gasteiger partial charge < -0.3 is 15.4 Å². The van der Waals surface area contributed by atoms with E-state index in [0.717, 1.165) is 30.3 Å². The first-order valence-corrected chi connectivity index (χ1v) is 7.01. The van der Waals surface area contributed by atoms with Gasteiger partial charge >= 0.3 is 0 Å². The van der Waals surface area contributed by atoms with Gasteiger partial charge in [-0.15, -0.1) is 12.4 Å². The van der Waals surface area contributed by atoms with Crippen LogP contribution in [0.3, 0.4) is 0 Å². The standard InChI is InChI=1S/C15H22N2O2.ClH/c1-2-8-19-14-5-3-4-13(9-14)17-15(18)11-16-10-12-6-7-12;/h3-5,9,12,16H,2,6-8,10-11H2,1H3,(H,17,18);1H. The van der Waals surface area contributed by atoms with Crippen LogP contribution in [0.5, 0.6) is 5.75 Å². The number of hydrogen-bond acceptors (Lipinski definition) is 3. The molecule has 5 heteroatoms. The van der Waals surface area contributed by atoms with Gasteiger partial charge in [0, 0.05) is 11.8 Å². The molecule has 0 heterocycles. The summed E-state index contributed by atoms with van der Waals surface area (Å²) in [5, 5.41) is 6.04. The van der Waals surface area contributed by atoms with Gasteiger partial charge in [-0.25, -0.2) is 0 Å². The molecule has 0 aliphatic heterocycles. The van der Waals surface area contributed by atoms with Gasteiger partial charge in [0.05, 0.1) is 13.2 Å². The first kappa shape index (κ1) is 16.8. The van der Waals surface area contributed by atoms with Crippen molar-refractivity contribution in [3.05, 3.63) is 24.3 Å². The summed E-state index contributed by atoms with van der Waals surface area (Å²) in [6, 6.07) is 7.51. The Kier molecular flexibility index (Phi) is 7.41. The lowest BCUT2D eigenvalue weighted by Crippen LogP contribution is -2.29. The zero-order chi connectivity index (χ0) is 13.5. The Morgan fingerprint density at radius 2 is 2.20 bits per heavy atom. The molecule has 0 aromatic heterocycles. The molecule has 1 aliphatic rings. The van der Waals surface area contributed by atoms with Gasteiger partial charge in [-0.2, -0.15) is 0 Å². The number of hydrogen-bond donors (Lipinski definition) is 2. The molecule has 2 N–H and O–H groups in total. The van der Waals surface area contributed by atoms with E-state index in [2.05, 4.69) is 17.6 Å². The summed E-state index contributed by atoms with van der Waals surface area (Å²) in [6.45, 7) is 4.08. The van der Waals surface area contributed by atoms with E-state index < -0.39 is 0 Å². The summed E-state index contributed by atoms with van der Waals surface area (Å²) in [6.07, 6.45) is 3.57. The number of rotatable bonds is 8. The van der Waals surface area contributed by atoms with E-state index in [0.29, 0.717) is 13.2 Å². The lowest BCUT2D eigenvalue weighted by molar-refractivity contribution is -0.115. The van der Waals surface area contributed by atoms with Crippen molar-refractivity contribution in [2.24, 2.45) is 5.92 Å². The third-order valence-electron chi connectivity index (χ3n) is 3.01. The SMILES string of the molecule is CCCOc1cccc(NC(=O)CNCC2CC2)c1.Cl. The van der Waals surface area contributed by atoms with Crippen molar-refractivity contribution >= 4 is 24.0 Å². The summed E-state index contributed by atoms with van der Waals surface area (Å²) in [4.78, 5) is 11.7. The fourth-order valence-electron chi connectivity index (χ4n) is 1.80. The highest BCUT2D eigenvalue weighted by molar-refractivity contribution is 5.92. The molecule has 1 aliphatic carbocycles.